The fourth-order valence-electron chi connectivity index (χ4n) is 1.37. The number of halogens is 1. The first kappa shape index (κ1) is 16.0. The number of nitrogens with one attached hydrogen (secondary N) is 1. The van der Waals surface area contributed by atoms with Crippen LogP contribution < -0.4 is 10.1 Å². The van der Waals surface area contributed by atoms with Crippen LogP contribution in [0.3, 0.4) is 0 Å². The van der Waals surface area contributed by atoms with Crippen molar-refractivity contribution >= 4 is 17.9 Å². The highest BCUT2D eigenvalue weighted by Gasteiger charge is 2.12. The number of benzene rings is 1. The standard InChI is InChI=1S/C14H20ClNO3/c1-14(2,3)16-7-11(18)9-19-12-5-4-10(8-17)13(15)6-12/h4-6,8,11,16,18H,7,9H2,1-3H3/t11-/m0/s1. The molecule has 0 bridgehead atoms. The highest BCUT2D eigenvalue weighted by atomic mass is 35.5. The minimum absolute atomic E-state index is 0.0457. The maximum Gasteiger partial charge on any atom is 0.151 e. The van der Waals surface area contributed by atoms with E-state index in [1.54, 1.807) is 18.2 Å². The summed E-state index contributed by atoms with van der Waals surface area (Å²) in [4.78, 5) is 10.6. The molecule has 0 saturated carbocycles. The highest BCUT2D eigenvalue weighted by molar-refractivity contribution is 6.33. The number of carbonyl (C=O) groups is 1. The molecule has 2 N–H and O–H groups in total. The zero-order valence-electron chi connectivity index (χ0n) is 11.4. The maximum absolute atomic E-state index is 10.6. The largest absolute Gasteiger partial charge is 0.491 e. The topological polar surface area (TPSA) is 58.6 Å². The molecule has 5 heteroatoms. The van der Waals surface area contributed by atoms with Crippen molar-refractivity contribution in [2.24, 2.45) is 0 Å². The molecule has 1 rings (SSSR count). The van der Waals surface area contributed by atoms with Gasteiger partial charge in [-0.25, -0.2) is 0 Å². The van der Waals surface area contributed by atoms with E-state index in [1.807, 2.05) is 20.8 Å². The summed E-state index contributed by atoms with van der Waals surface area (Å²) in [5.41, 5.74) is 0.375. The van der Waals surface area contributed by atoms with E-state index in [9.17, 15) is 9.90 Å². The van der Waals surface area contributed by atoms with Gasteiger partial charge in [0.1, 0.15) is 18.5 Å². The Labute approximate surface area is 118 Å². The lowest BCUT2D eigenvalue weighted by molar-refractivity contribution is 0.1000. The molecule has 1 aromatic carbocycles. The van der Waals surface area contributed by atoms with Crippen LogP contribution in [0.15, 0.2) is 18.2 Å². The minimum Gasteiger partial charge on any atom is -0.491 e. The van der Waals surface area contributed by atoms with Crippen molar-refractivity contribution in [3.8, 4) is 5.75 Å². The molecule has 106 valence electrons. The number of β-amino-alcohol motifs (C(OH)–C–C–N with tert-alkyl or cyclic N) is 1. The molecule has 1 atom stereocenters. The first-order valence-corrected chi connectivity index (χ1v) is 6.50. The second-order valence-electron chi connectivity index (χ2n) is 5.40. The number of aliphatic hydroxyl groups is 1. The lowest BCUT2D eigenvalue weighted by Crippen LogP contribution is -2.42. The number of ether oxygens (including phenoxy) is 1. The monoisotopic (exact) mass is 285 g/mol. The molecular formula is C14H20ClNO3. The van der Waals surface area contributed by atoms with Crippen molar-refractivity contribution in [3.63, 3.8) is 0 Å². The third-order valence-electron chi connectivity index (χ3n) is 2.41. The van der Waals surface area contributed by atoms with Gasteiger partial charge in [-0.3, -0.25) is 4.79 Å². The normalized spacial score (nSPS) is 13.1. The predicted molar refractivity (Wildman–Crippen MR) is 76.1 cm³/mol. The zero-order chi connectivity index (χ0) is 14.5. The molecule has 0 amide bonds. The van der Waals surface area contributed by atoms with Gasteiger partial charge < -0.3 is 15.2 Å². The van der Waals surface area contributed by atoms with Gasteiger partial charge in [-0.2, -0.15) is 0 Å². The summed E-state index contributed by atoms with van der Waals surface area (Å²) in [5.74, 6) is 0.533. The Kier molecular flexibility index (Phi) is 5.79. The van der Waals surface area contributed by atoms with Crippen molar-refractivity contribution in [1.29, 1.82) is 0 Å². The van der Waals surface area contributed by atoms with Gasteiger partial charge in [0.2, 0.25) is 0 Å². The Morgan fingerprint density at radius 3 is 2.68 bits per heavy atom. The van der Waals surface area contributed by atoms with Crippen LogP contribution in [0.1, 0.15) is 31.1 Å². The van der Waals surface area contributed by atoms with Crippen LogP contribution in [0, 0.1) is 0 Å². The number of hydrogen-bond acceptors (Lipinski definition) is 4. The van der Waals surface area contributed by atoms with Crippen LogP contribution in [-0.2, 0) is 0 Å². The summed E-state index contributed by atoms with van der Waals surface area (Å²) < 4.78 is 5.42. The molecule has 19 heavy (non-hydrogen) atoms. The van der Waals surface area contributed by atoms with Crippen LogP contribution >= 0.6 is 11.6 Å². The van der Waals surface area contributed by atoms with Gasteiger partial charge in [-0.1, -0.05) is 11.6 Å². The second kappa shape index (κ2) is 6.89. The summed E-state index contributed by atoms with van der Waals surface area (Å²) in [6.07, 6.45) is 0.0811. The molecule has 0 heterocycles. The number of hydrogen-bond donors (Lipinski definition) is 2. The molecule has 0 aliphatic carbocycles. The maximum atomic E-state index is 10.6. The average Bonchev–Trinajstić information content (AvgIpc) is 2.33. The van der Waals surface area contributed by atoms with Crippen molar-refractivity contribution in [2.75, 3.05) is 13.2 Å². The van der Waals surface area contributed by atoms with Gasteiger partial charge in [0.05, 0.1) is 5.02 Å². The molecular weight excluding hydrogens is 266 g/mol. The van der Waals surface area contributed by atoms with Crippen LogP contribution in [0.25, 0.3) is 0 Å². The Balaban J connectivity index is 2.44. The molecule has 0 saturated heterocycles. The summed E-state index contributed by atoms with van der Waals surface area (Å²) in [7, 11) is 0. The Morgan fingerprint density at radius 2 is 2.16 bits per heavy atom. The lowest BCUT2D eigenvalue weighted by atomic mass is 10.1. The molecule has 4 nitrogen and oxygen atoms in total. The molecule has 1 aromatic rings. The lowest BCUT2D eigenvalue weighted by Gasteiger charge is -2.23. The number of aldehydes is 1. The molecule has 0 unspecified atom stereocenters. The van der Waals surface area contributed by atoms with Gasteiger partial charge >= 0.3 is 0 Å². The van der Waals surface area contributed by atoms with Crippen molar-refractivity contribution in [1.82, 2.24) is 5.32 Å². The van der Waals surface area contributed by atoms with E-state index in [0.29, 0.717) is 29.2 Å². The van der Waals surface area contributed by atoms with Crippen molar-refractivity contribution in [3.05, 3.63) is 28.8 Å². The average molecular weight is 286 g/mol. The van der Waals surface area contributed by atoms with Gasteiger partial charge in [-0.15, -0.1) is 0 Å². The van der Waals surface area contributed by atoms with E-state index in [-0.39, 0.29) is 12.1 Å². The fourth-order valence-corrected chi connectivity index (χ4v) is 1.58. The van der Waals surface area contributed by atoms with Crippen LogP contribution in [-0.4, -0.2) is 36.2 Å². The summed E-state index contributed by atoms with van der Waals surface area (Å²) in [5, 5.41) is 13.3. The zero-order valence-corrected chi connectivity index (χ0v) is 12.2. The van der Waals surface area contributed by atoms with Crippen LogP contribution in [0.4, 0.5) is 0 Å². The second-order valence-corrected chi connectivity index (χ2v) is 5.80. The number of rotatable bonds is 6. The molecule has 0 radical (unpaired) electrons. The Morgan fingerprint density at radius 1 is 1.47 bits per heavy atom. The molecule has 0 fully saturated rings. The molecule has 0 aliphatic heterocycles. The minimum atomic E-state index is -0.608. The molecule has 0 aliphatic rings. The first-order chi connectivity index (χ1) is 8.81. The quantitative estimate of drug-likeness (QED) is 0.787. The SMILES string of the molecule is CC(C)(C)NC[C@H](O)COc1ccc(C=O)c(Cl)c1. The van der Waals surface area contributed by atoms with Crippen LogP contribution in [0.5, 0.6) is 5.75 Å². The van der Waals surface area contributed by atoms with E-state index in [2.05, 4.69) is 5.32 Å². The van der Waals surface area contributed by atoms with Gasteiger partial charge in [-0.05, 0) is 39.0 Å². The number of carbonyl (C=O) groups excluding carboxylic acids is 1. The Bertz CT molecular complexity index is 429. The third-order valence-corrected chi connectivity index (χ3v) is 2.74. The van der Waals surface area contributed by atoms with E-state index < -0.39 is 6.10 Å². The summed E-state index contributed by atoms with van der Waals surface area (Å²) in [6, 6.07) is 4.80. The smallest absolute Gasteiger partial charge is 0.151 e. The summed E-state index contributed by atoms with van der Waals surface area (Å²) in [6.45, 7) is 6.69. The molecule has 0 aromatic heterocycles. The number of aliphatic hydroxyl groups excluding tert-OH is 1. The van der Waals surface area contributed by atoms with Crippen molar-refractivity contribution < 1.29 is 14.6 Å². The highest BCUT2D eigenvalue weighted by Crippen LogP contribution is 2.21. The van der Waals surface area contributed by atoms with Gasteiger partial charge in [0.15, 0.2) is 6.29 Å². The Hall–Kier alpha value is -1.10. The summed E-state index contributed by atoms with van der Waals surface area (Å²) >= 11 is 5.88. The van der Waals surface area contributed by atoms with E-state index in [0.717, 1.165) is 0 Å². The van der Waals surface area contributed by atoms with E-state index in [4.69, 9.17) is 16.3 Å². The van der Waals surface area contributed by atoms with Gasteiger partial charge in [0, 0.05) is 17.6 Å². The third kappa shape index (κ3) is 6.05. The predicted octanol–water partition coefficient (Wildman–Crippen LogP) is 2.28. The van der Waals surface area contributed by atoms with Crippen LogP contribution in [0.2, 0.25) is 5.02 Å². The first-order valence-electron chi connectivity index (χ1n) is 6.12. The van der Waals surface area contributed by atoms with Crippen molar-refractivity contribution in [2.45, 2.75) is 32.4 Å². The van der Waals surface area contributed by atoms with E-state index in [1.165, 1.54) is 0 Å². The fraction of sp³-hybridized carbons (Fsp3) is 0.500. The van der Waals surface area contributed by atoms with Gasteiger partial charge in [0.25, 0.3) is 0 Å². The van der Waals surface area contributed by atoms with E-state index >= 15 is 0 Å². The molecule has 0 spiro atoms.